The van der Waals surface area contributed by atoms with Crippen LogP contribution >= 0.6 is 0 Å². The molecule has 0 atom stereocenters. The van der Waals surface area contributed by atoms with Gasteiger partial charge in [-0.15, -0.1) is 0 Å². The lowest BCUT2D eigenvalue weighted by Gasteiger charge is -2.18. The van der Waals surface area contributed by atoms with Gasteiger partial charge in [-0.05, 0) is 12.8 Å². The van der Waals surface area contributed by atoms with Gasteiger partial charge in [0.05, 0.1) is 17.9 Å². The van der Waals surface area contributed by atoms with Crippen molar-refractivity contribution in [1.29, 1.82) is 0 Å². The van der Waals surface area contributed by atoms with Gasteiger partial charge in [0.25, 0.3) is 5.91 Å². The smallest absolute Gasteiger partial charge is 0.276 e. The highest BCUT2D eigenvalue weighted by atomic mass is 16.2. The van der Waals surface area contributed by atoms with Crippen molar-refractivity contribution in [3.05, 3.63) is 11.4 Å². The van der Waals surface area contributed by atoms with Gasteiger partial charge in [-0.2, -0.15) is 5.10 Å². The number of carbonyl (C=O) groups is 2. The number of likely N-dealkylation sites (N-methyl/N-ethyl adjacent to an activating group) is 2. The maximum atomic E-state index is 12.2. The average Bonchev–Trinajstić information content (AvgIpc) is 3.12. The van der Waals surface area contributed by atoms with Crippen LogP contribution in [-0.4, -0.2) is 59.5 Å². The summed E-state index contributed by atoms with van der Waals surface area (Å²) >= 11 is 0. The highest BCUT2D eigenvalue weighted by Crippen LogP contribution is 2.42. The molecule has 104 valence electrons. The van der Waals surface area contributed by atoms with E-state index in [0.29, 0.717) is 11.6 Å². The van der Waals surface area contributed by atoms with Crippen molar-refractivity contribution in [1.82, 2.24) is 20.0 Å². The summed E-state index contributed by atoms with van der Waals surface area (Å²) in [5, 5.41) is 6.81. The lowest BCUT2D eigenvalue weighted by Crippen LogP contribution is -2.38. The molecule has 0 unspecified atom stereocenters. The average molecular weight is 265 g/mol. The molecular formula is C12H19N5O2. The summed E-state index contributed by atoms with van der Waals surface area (Å²) in [6, 6.07) is 0. The maximum Gasteiger partial charge on any atom is 0.276 e. The van der Waals surface area contributed by atoms with Crippen molar-refractivity contribution in [3.8, 4) is 0 Å². The van der Waals surface area contributed by atoms with Gasteiger partial charge in [0.2, 0.25) is 5.91 Å². The quantitative estimate of drug-likeness (QED) is 0.802. The fraction of sp³-hybridized carbons (Fsp3) is 0.583. The van der Waals surface area contributed by atoms with Crippen molar-refractivity contribution in [2.45, 2.75) is 18.8 Å². The van der Waals surface area contributed by atoms with Gasteiger partial charge < -0.3 is 15.5 Å². The van der Waals surface area contributed by atoms with E-state index >= 15 is 0 Å². The largest absolute Gasteiger partial charge is 0.395 e. The van der Waals surface area contributed by atoms with Crippen LogP contribution in [0.5, 0.6) is 0 Å². The first-order valence-corrected chi connectivity index (χ1v) is 6.21. The fourth-order valence-electron chi connectivity index (χ4n) is 1.81. The number of anilines is 1. The van der Waals surface area contributed by atoms with E-state index in [-0.39, 0.29) is 24.1 Å². The fourth-order valence-corrected chi connectivity index (χ4v) is 1.81. The van der Waals surface area contributed by atoms with Crippen molar-refractivity contribution in [2.75, 3.05) is 33.4 Å². The van der Waals surface area contributed by atoms with E-state index in [1.807, 2.05) is 0 Å². The van der Waals surface area contributed by atoms with Gasteiger partial charge in [0, 0.05) is 27.1 Å². The number of rotatable bonds is 4. The molecule has 0 spiro atoms. The Kier molecular flexibility index (Phi) is 3.46. The van der Waals surface area contributed by atoms with Gasteiger partial charge in [-0.3, -0.25) is 14.7 Å². The zero-order valence-electron chi connectivity index (χ0n) is 11.4. The van der Waals surface area contributed by atoms with E-state index < -0.39 is 0 Å². The minimum absolute atomic E-state index is 0.0108. The molecule has 1 heterocycles. The molecule has 0 radical (unpaired) electrons. The monoisotopic (exact) mass is 265 g/mol. The molecule has 1 aromatic heterocycles. The molecule has 3 N–H and O–H groups in total. The van der Waals surface area contributed by atoms with Gasteiger partial charge in [0.1, 0.15) is 0 Å². The van der Waals surface area contributed by atoms with Crippen LogP contribution in [0.2, 0.25) is 0 Å². The van der Waals surface area contributed by atoms with Crippen LogP contribution in [0.4, 0.5) is 5.69 Å². The summed E-state index contributed by atoms with van der Waals surface area (Å²) in [7, 11) is 4.86. The summed E-state index contributed by atoms with van der Waals surface area (Å²) in [5.74, 6) is -0.0778. The van der Waals surface area contributed by atoms with E-state index in [1.54, 1.807) is 21.1 Å². The predicted molar refractivity (Wildman–Crippen MR) is 70.6 cm³/mol. The lowest BCUT2D eigenvalue weighted by atomic mass is 10.2. The van der Waals surface area contributed by atoms with Crippen LogP contribution in [0.1, 0.15) is 34.9 Å². The first-order valence-electron chi connectivity index (χ1n) is 6.21. The van der Waals surface area contributed by atoms with Crippen LogP contribution in [0.15, 0.2) is 0 Å². The van der Waals surface area contributed by atoms with Crippen molar-refractivity contribution < 1.29 is 9.59 Å². The number of carbonyl (C=O) groups excluding carboxylic acids is 2. The van der Waals surface area contributed by atoms with Crippen molar-refractivity contribution in [2.24, 2.45) is 0 Å². The molecule has 1 saturated carbocycles. The Morgan fingerprint density at radius 2 is 2.00 bits per heavy atom. The topological polar surface area (TPSA) is 95.3 Å². The second-order valence-electron chi connectivity index (χ2n) is 5.12. The molecule has 0 bridgehead atoms. The standard InChI is InChI=1S/C12H19N5O2/c1-16(2)8(18)6-17(3)12(19)11-9(13)10(14-15-11)7-4-5-7/h7H,4-6,13H2,1-3H3,(H,14,15). The lowest BCUT2D eigenvalue weighted by molar-refractivity contribution is -0.129. The summed E-state index contributed by atoms with van der Waals surface area (Å²) in [6.45, 7) is 0.0108. The molecule has 19 heavy (non-hydrogen) atoms. The Bertz CT molecular complexity index is 504. The molecule has 0 saturated heterocycles. The van der Waals surface area contributed by atoms with Gasteiger partial charge >= 0.3 is 0 Å². The molecule has 1 aliphatic rings. The summed E-state index contributed by atoms with van der Waals surface area (Å²) < 4.78 is 0. The van der Waals surface area contributed by atoms with Crippen LogP contribution in [0, 0.1) is 0 Å². The first kappa shape index (κ1) is 13.4. The molecule has 1 fully saturated rings. The molecular weight excluding hydrogens is 246 g/mol. The second kappa shape index (κ2) is 4.91. The van der Waals surface area contributed by atoms with Crippen molar-refractivity contribution >= 4 is 17.5 Å². The number of hydrogen-bond acceptors (Lipinski definition) is 4. The van der Waals surface area contributed by atoms with E-state index in [4.69, 9.17) is 5.73 Å². The molecule has 7 heteroatoms. The maximum absolute atomic E-state index is 12.2. The van der Waals surface area contributed by atoms with Gasteiger partial charge in [0.15, 0.2) is 5.69 Å². The van der Waals surface area contributed by atoms with Crippen molar-refractivity contribution in [3.63, 3.8) is 0 Å². The predicted octanol–water partition coefficient (Wildman–Crippen LogP) is 0.0295. The highest BCUT2D eigenvalue weighted by molar-refractivity contribution is 5.99. The van der Waals surface area contributed by atoms with Gasteiger partial charge in [-0.25, -0.2) is 0 Å². The Morgan fingerprint density at radius 3 is 2.53 bits per heavy atom. The van der Waals surface area contributed by atoms with E-state index in [1.165, 1.54) is 9.80 Å². The van der Waals surface area contributed by atoms with E-state index in [2.05, 4.69) is 10.2 Å². The number of nitrogens with two attached hydrogens (primary N) is 1. The van der Waals surface area contributed by atoms with Crippen LogP contribution in [0.3, 0.4) is 0 Å². The summed E-state index contributed by atoms with van der Waals surface area (Å²) in [6.07, 6.45) is 2.16. The number of H-pyrrole nitrogens is 1. The molecule has 1 aromatic rings. The zero-order chi connectivity index (χ0) is 14.2. The normalized spacial score (nSPS) is 14.3. The number of nitrogens with zero attached hydrogens (tertiary/aromatic N) is 3. The van der Waals surface area contributed by atoms with E-state index in [0.717, 1.165) is 18.5 Å². The molecule has 7 nitrogen and oxygen atoms in total. The minimum Gasteiger partial charge on any atom is -0.395 e. The molecule has 0 aromatic carbocycles. The number of amides is 2. The Hall–Kier alpha value is -2.05. The third-order valence-corrected chi connectivity index (χ3v) is 3.24. The van der Waals surface area contributed by atoms with Crippen LogP contribution in [0.25, 0.3) is 0 Å². The molecule has 0 aliphatic heterocycles. The molecule has 2 rings (SSSR count). The van der Waals surface area contributed by atoms with Gasteiger partial charge in [-0.1, -0.05) is 0 Å². The SMILES string of the molecule is CN(C)C(=O)CN(C)C(=O)c1n[nH]c(C2CC2)c1N. The van der Waals surface area contributed by atoms with Crippen LogP contribution in [-0.2, 0) is 4.79 Å². The third kappa shape index (κ3) is 2.69. The van der Waals surface area contributed by atoms with Crippen LogP contribution < -0.4 is 5.73 Å². The number of aromatic amines is 1. The van der Waals surface area contributed by atoms with E-state index in [9.17, 15) is 9.59 Å². The first-order chi connectivity index (χ1) is 8.91. The minimum atomic E-state index is -0.337. The second-order valence-corrected chi connectivity index (χ2v) is 5.12. The Morgan fingerprint density at radius 1 is 1.37 bits per heavy atom. The Labute approximate surface area is 111 Å². The highest BCUT2D eigenvalue weighted by Gasteiger charge is 2.31. The molecule has 1 aliphatic carbocycles. The number of nitrogen functional groups attached to an aromatic ring is 1. The Balaban J connectivity index is 2.08. The zero-order valence-corrected chi connectivity index (χ0v) is 11.4. The molecule has 2 amide bonds. The number of nitrogens with one attached hydrogen (secondary N) is 1. The third-order valence-electron chi connectivity index (χ3n) is 3.24. The summed E-state index contributed by atoms with van der Waals surface area (Å²) in [4.78, 5) is 26.5. The summed E-state index contributed by atoms with van der Waals surface area (Å²) in [5.41, 5.74) is 7.40. The number of hydrogen-bond donors (Lipinski definition) is 2. The number of aromatic nitrogens is 2.